The first-order valence-electron chi connectivity index (χ1n) is 12.1. The zero-order valence-corrected chi connectivity index (χ0v) is 21.4. The first kappa shape index (κ1) is 26.2. The molecule has 1 aliphatic heterocycles. The van der Waals surface area contributed by atoms with Crippen LogP contribution in [0.3, 0.4) is 0 Å². The number of benzene rings is 3. The number of allylic oxidation sites excluding steroid dienone is 3. The van der Waals surface area contributed by atoms with Gasteiger partial charge in [-0.15, -0.1) is 0 Å². The molecule has 0 spiro atoms. The highest BCUT2D eigenvalue weighted by atomic mass is 35.5. The minimum absolute atomic E-state index is 0.0839. The number of dihydropyridines is 1. The molecule has 3 aromatic carbocycles. The van der Waals surface area contributed by atoms with E-state index in [4.69, 9.17) is 11.6 Å². The summed E-state index contributed by atoms with van der Waals surface area (Å²) in [5, 5.41) is 17.2. The summed E-state index contributed by atoms with van der Waals surface area (Å²) in [5.74, 6) is -3.80. The molecule has 2 unspecified atom stereocenters. The standard InChI is InChI=1S/C29H22ClF2N3O4/c1-15-26(29(37)34-22-10-8-19(31)14-21(22)32)27(17-7-9-20(30)24(12-17)35(38)39)28-23(33-15)11-18(13-25(28)36)16-5-3-2-4-6-16/h2-10,12,14,18,27,33H,11,13H2,1H3,(H,34,37). The predicted octanol–water partition coefficient (Wildman–Crippen LogP) is 6.53. The monoisotopic (exact) mass is 549 g/mol. The van der Waals surface area contributed by atoms with Crippen LogP contribution in [-0.4, -0.2) is 16.6 Å². The number of rotatable bonds is 5. The highest BCUT2D eigenvalue weighted by molar-refractivity contribution is 6.32. The molecule has 0 saturated heterocycles. The summed E-state index contributed by atoms with van der Waals surface area (Å²) < 4.78 is 27.8. The van der Waals surface area contributed by atoms with Crippen LogP contribution in [0.15, 0.2) is 89.3 Å². The van der Waals surface area contributed by atoms with E-state index in [0.717, 1.165) is 17.7 Å². The van der Waals surface area contributed by atoms with Crippen LogP contribution in [0.4, 0.5) is 20.2 Å². The zero-order valence-electron chi connectivity index (χ0n) is 20.6. The first-order valence-corrected chi connectivity index (χ1v) is 12.5. The van der Waals surface area contributed by atoms with Gasteiger partial charge in [0, 0.05) is 47.0 Å². The van der Waals surface area contributed by atoms with E-state index in [1.165, 1.54) is 18.2 Å². The average Bonchev–Trinajstić information content (AvgIpc) is 2.90. The first-order chi connectivity index (χ1) is 18.6. The Balaban J connectivity index is 1.61. The van der Waals surface area contributed by atoms with Crippen molar-refractivity contribution in [3.8, 4) is 0 Å². The van der Waals surface area contributed by atoms with Gasteiger partial charge in [0.15, 0.2) is 5.78 Å². The number of hydrogen-bond acceptors (Lipinski definition) is 5. The van der Waals surface area contributed by atoms with Crippen LogP contribution < -0.4 is 10.6 Å². The summed E-state index contributed by atoms with van der Waals surface area (Å²) in [6.45, 7) is 1.65. The number of carbonyl (C=O) groups excluding carboxylic acids is 2. The van der Waals surface area contributed by atoms with Gasteiger partial charge in [0.2, 0.25) is 0 Å². The third-order valence-electron chi connectivity index (χ3n) is 7.02. The lowest BCUT2D eigenvalue weighted by Gasteiger charge is -2.37. The lowest BCUT2D eigenvalue weighted by molar-refractivity contribution is -0.384. The molecule has 0 bridgehead atoms. The van der Waals surface area contributed by atoms with E-state index in [9.17, 15) is 28.5 Å². The van der Waals surface area contributed by atoms with Crippen LogP contribution in [0.1, 0.15) is 42.7 Å². The molecule has 0 radical (unpaired) electrons. The van der Waals surface area contributed by atoms with Gasteiger partial charge < -0.3 is 10.6 Å². The van der Waals surface area contributed by atoms with Crippen molar-refractivity contribution in [2.24, 2.45) is 0 Å². The fourth-order valence-corrected chi connectivity index (χ4v) is 5.45. The Morgan fingerprint density at radius 2 is 1.79 bits per heavy atom. The van der Waals surface area contributed by atoms with Gasteiger partial charge >= 0.3 is 0 Å². The maximum absolute atomic E-state index is 14.4. The number of carbonyl (C=O) groups is 2. The lowest BCUT2D eigenvalue weighted by atomic mass is 9.71. The molecule has 39 heavy (non-hydrogen) atoms. The van der Waals surface area contributed by atoms with Crippen LogP contribution in [0, 0.1) is 21.7 Å². The second kappa shape index (κ2) is 10.4. The fourth-order valence-electron chi connectivity index (χ4n) is 5.26. The molecule has 0 saturated carbocycles. The molecule has 198 valence electrons. The van der Waals surface area contributed by atoms with Crippen molar-refractivity contribution in [1.29, 1.82) is 0 Å². The Kier molecular flexibility index (Phi) is 7.01. The van der Waals surface area contributed by atoms with Gasteiger partial charge in [-0.2, -0.15) is 0 Å². The van der Waals surface area contributed by atoms with E-state index in [1.54, 1.807) is 6.92 Å². The number of nitrogens with zero attached hydrogens (tertiary/aromatic N) is 1. The van der Waals surface area contributed by atoms with Crippen molar-refractivity contribution in [2.45, 2.75) is 31.6 Å². The molecule has 1 amide bonds. The molecule has 1 aliphatic carbocycles. The Morgan fingerprint density at radius 1 is 1.05 bits per heavy atom. The summed E-state index contributed by atoms with van der Waals surface area (Å²) in [6.07, 6.45) is 0.660. The van der Waals surface area contributed by atoms with Gasteiger partial charge in [0.05, 0.1) is 10.6 Å². The second-order valence-electron chi connectivity index (χ2n) is 9.47. The largest absolute Gasteiger partial charge is 0.362 e. The molecule has 7 nitrogen and oxygen atoms in total. The number of nitro benzene ring substituents is 1. The minimum atomic E-state index is -0.982. The van der Waals surface area contributed by atoms with Crippen LogP contribution >= 0.6 is 11.6 Å². The van der Waals surface area contributed by atoms with Crippen molar-refractivity contribution in [2.75, 3.05) is 5.32 Å². The minimum Gasteiger partial charge on any atom is -0.362 e. The number of anilines is 1. The van der Waals surface area contributed by atoms with E-state index in [0.29, 0.717) is 35.0 Å². The van der Waals surface area contributed by atoms with Gasteiger partial charge in [-0.25, -0.2) is 8.78 Å². The van der Waals surface area contributed by atoms with Crippen molar-refractivity contribution in [3.63, 3.8) is 0 Å². The average molecular weight is 550 g/mol. The van der Waals surface area contributed by atoms with Crippen molar-refractivity contribution in [3.05, 3.63) is 127 Å². The summed E-state index contributed by atoms with van der Waals surface area (Å²) in [7, 11) is 0. The normalized spacial score (nSPS) is 18.9. The second-order valence-corrected chi connectivity index (χ2v) is 9.88. The number of nitro groups is 1. The molecule has 3 aromatic rings. The number of nitrogens with one attached hydrogen (secondary N) is 2. The number of hydrogen-bond donors (Lipinski definition) is 2. The Hall–Kier alpha value is -4.37. The Bertz CT molecular complexity index is 1590. The molecule has 2 aliphatic rings. The molecule has 10 heteroatoms. The lowest BCUT2D eigenvalue weighted by Crippen LogP contribution is -2.37. The summed E-state index contributed by atoms with van der Waals surface area (Å²) in [5.41, 5.74) is 2.10. The highest BCUT2D eigenvalue weighted by Crippen LogP contribution is 2.46. The van der Waals surface area contributed by atoms with Gasteiger partial charge in [-0.3, -0.25) is 19.7 Å². The SMILES string of the molecule is CC1=C(C(=O)Nc2ccc(F)cc2F)C(c2ccc(Cl)c([N+](=O)[O-])c2)C2=C(CC(c3ccccc3)CC2=O)N1. The smallest absolute Gasteiger partial charge is 0.288 e. The fraction of sp³-hybridized carbons (Fsp3) is 0.172. The quantitative estimate of drug-likeness (QED) is 0.278. The van der Waals surface area contributed by atoms with Crippen molar-refractivity contribution >= 4 is 34.7 Å². The third kappa shape index (κ3) is 5.05. The maximum Gasteiger partial charge on any atom is 0.288 e. The number of amides is 1. The van der Waals surface area contributed by atoms with Crippen LogP contribution in [0.2, 0.25) is 5.02 Å². The number of halogens is 3. The zero-order chi connectivity index (χ0) is 27.8. The predicted molar refractivity (Wildman–Crippen MR) is 142 cm³/mol. The van der Waals surface area contributed by atoms with Gasteiger partial charge in [0.1, 0.15) is 16.7 Å². The van der Waals surface area contributed by atoms with Gasteiger partial charge in [-0.05, 0) is 48.6 Å². The van der Waals surface area contributed by atoms with Gasteiger partial charge in [-0.1, -0.05) is 48.0 Å². The third-order valence-corrected chi connectivity index (χ3v) is 7.34. The Morgan fingerprint density at radius 3 is 2.49 bits per heavy atom. The molecule has 0 aromatic heterocycles. The molecule has 2 atom stereocenters. The summed E-state index contributed by atoms with van der Waals surface area (Å²) in [6, 6.07) is 16.5. The van der Waals surface area contributed by atoms with E-state index < -0.39 is 28.4 Å². The van der Waals surface area contributed by atoms with Gasteiger partial charge in [0.25, 0.3) is 11.6 Å². The summed E-state index contributed by atoms with van der Waals surface area (Å²) in [4.78, 5) is 38.3. The molecular formula is C29H22ClF2N3O4. The molecule has 5 rings (SSSR count). The summed E-state index contributed by atoms with van der Waals surface area (Å²) >= 11 is 6.05. The molecule has 1 heterocycles. The van der Waals surface area contributed by atoms with E-state index in [1.807, 2.05) is 30.3 Å². The highest BCUT2D eigenvalue weighted by Gasteiger charge is 2.41. The molecule has 2 N–H and O–H groups in total. The molecule has 0 fully saturated rings. The van der Waals surface area contributed by atoms with Crippen molar-refractivity contribution in [1.82, 2.24) is 5.32 Å². The number of Topliss-reactive ketones (excluding diaryl/α,β-unsaturated/α-hetero) is 1. The van der Waals surface area contributed by atoms with E-state index in [2.05, 4.69) is 10.6 Å². The van der Waals surface area contributed by atoms with E-state index >= 15 is 0 Å². The van der Waals surface area contributed by atoms with Crippen LogP contribution in [0.5, 0.6) is 0 Å². The maximum atomic E-state index is 14.4. The Labute approximate surface area is 227 Å². The number of ketones is 1. The van der Waals surface area contributed by atoms with Crippen molar-refractivity contribution < 1.29 is 23.3 Å². The van der Waals surface area contributed by atoms with Crippen LogP contribution in [-0.2, 0) is 9.59 Å². The van der Waals surface area contributed by atoms with E-state index in [-0.39, 0.29) is 40.1 Å². The topological polar surface area (TPSA) is 101 Å². The molecular weight excluding hydrogens is 528 g/mol. The van der Waals surface area contributed by atoms with Crippen LogP contribution in [0.25, 0.3) is 0 Å².